The Hall–Kier alpha value is -0.570. The standard InChI is InChI=1S/C9H17NO2/c1-3-7(4-2)9-5-8(6-11)12-10-9/h7-8,11H,3-6H2,1-2H3. The number of aliphatic hydroxyl groups is 1. The number of oxime groups is 1. The second-order valence-corrected chi connectivity index (χ2v) is 3.21. The number of rotatable bonds is 4. The van der Waals surface area contributed by atoms with Crippen molar-refractivity contribution in [1.82, 2.24) is 0 Å². The topological polar surface area (TPSA) is 41.8 Å². The van der Waals surface area contributed by atoms with E-state index in [1.165, 1.54) is 0 Å². The molecule has 0 radical (unpaired) electrons. The third kappa shape index (κ3) is 1.97. The van der Waals surface area contributed by atoms with Crippen molar-refractivity contribution in [1.29, 1.82) is 0 Å². The lowest BCUT2D eigenvalue weighted by molar-refractivity contribution is 0.0390. The van der Waals surface area contributed by atoms with Crippen LogP contribution in [0, 0.1) is 5.92 Å². The lowest BCUT2D eigenvalue weighted by Gasteiger charge is -2.09. The van der Waals surface area contributed by atoms with Crippen molar-refractivity contribution in [2.24, 2.45) is 11.1 Å². The molecule has 3 heteroatoms. The number of aliphatic hydroxyl groups excluding tert-OH is 1. The van der Waals surface area contributed by atoms with Crippen molar-refractivity contribution in [2.75, 3.05) is 6.61 Å². The fourth-order valence-electron chi connectivity index (χ4n) is 1.55. The average molecular weight is 171 g/mol. The number of hydrogen-bond acceptors (Lipinski definition) is 3. The molecule has 0 amide bonds. The van der Waals surface area contributed by atoms with Crippen LogP contribution in [0.1, 0.15) is 33.1 Å². The second kappa shape index (κ2) is 4.45. The summed E-state index contributed by atoms with van der Waals surface area (Å²) in [6.45, 7) is 4.39. The fourth-order valence-corrected chi connectivity index (χ4v) is 1.55. The minimum absolute atomic E-state index is 0.0765. The van der Waals surface area contributed by atoms with Crippen LogP contribution >= 0.6 is 0 Å². The minimum atomic E-state index is -0.0828. The highest BCUT2D eigenvalue weighted by Crippen LogP contribution is 2.20. The highest BCUT2D eigenvalue weighted by molar-refractivity contribution is 5.87. The predicted octanol–water partition coefficient (Wildman–Crippen LogP) is 1.56. The van der Waals surface area contributed by atoms with Crippen LogP contribution in [0.3, 0.4) is 0 Å². The Morgan fingerprint density at radius 1 is 1.58 bits per heavy atom. The Kier molecular flexibility index (Phi) is 3.53. The molecule has 12 heavy (non-hydrogen) atoms. The van der Waals surface area contributed by atoms with Crippen LogP contribution in [0.4, 0.5) is 0 Å². The molecule has 1 heterocycles. The van der Waals surface area contributed by atoms with E-state index in [9.17, 15) is 0 Å². The molecule has 0 aromatic rings. The SMILES string of the molecule is CCC(CC)C1=NOC(CO)C1. The monoisotopic (exact) mass is 171 g/mol. The molecule has 0 aromatic carbocycles. The minimum Gasteiger partial charge on any atom is -0.392 e. The van der Waals surface area contributed by atoms with Gasteiger partial charge in [0, 0.05) is 12.3 Å². The van der Waals surface area contributed by atoms with Crippen LogP contribution in [-0.4, -0.2) is 23.5 Å². The summed E-state index contributed by atoms with van der Waals surface area (Å²) in [4.78, 5) is 5.04. The summed E-state index contributed by atoms with van der Waals surface area (Å²) in [7, 11) is 0. The van der Waals surface area contributed by atoms with Crippen LogP contribution in [0.5, 0.6) is 0 Å². The second-order valence-electron chi connectivity index (χ2n) is 3.21. The van der Waals surface area contributed by atoms with Gasteiger partial charge in [0.15, 0.2) is 6.10 Å². The first-order chi connectivity index (χ1) is 5.81. The lowest BCUT2D eigenvalue weighted by atomic mass is 9.94. The van der Waals surface area contributed by atoms with Crippen molar-refractivity contribution in [3.05, 3.63) is 0 Å². The van der Waals surface area contributed by atoms with Crippen LogP contribution in [-0.2, 0) is 4.84 Å². The summed E-state index contributed by atoms with van der Waals surface area (Å²) < 4.78 is 0. The normalized spacial score (nSPS) is 22.7. The lowest BCUT2D eigenvalue weighted by Crippen LogP contribution is -2.16. The van der Waals surface area contributed by atoms with Gasteiger partial charge in [-0.25, -0.2) is 0 Å². The number of nitrogens with zero attached hydrogens (tertiary/aromatic N) is 1. The van der Waals surface area contributed by atoms with Gasteiger partial charge in [0.1, 0.15) is 0 Å². The van der Waals surface area contributed by atoms with E-state index in [-0.39, 0.29) is 12.7 Å². The molecule has 0 fully saturated rings. The Balaban J connectivity index is 2.43. The van der Waals surface area contributed by atoms with Gasteiger partial charge in [-0.2, -0.15) is 0 Å². The zero-order chi connectivity index (χ0) is 8.97. The van der Waals surface area contributed by atoms with E-state index in [4.69, 9.17) is 9.94 Å². The van der Waals surface area contributed by atoms with Gasteiger partial charge in [0.25, 0.3) is 0 Å². The van der Waals surface area contributed by atoms with Crippen LogP contribution < -0.4 is 0 Å². The summed E-state index contributed by atoms with van der Waals surface area (Å²) in [6.07, 6.45) is 2.94. The molecular weight excluding hydrogens is 154 g/mol. The highest BCUT2D eigenvalue weighted by atomic mass is 16.6. The van der Waals surface area contributed by atoms with Crippen molar-refractivity contribution in [2.45, 2.75) is 39.2 Å². The van der Waals surface area contributed by atoms with E-state index in [1.807, 2.05) is 0 Å². The largest absolute Gasteiger partial charge is 0.392 e. The third-order valence-corrected chi connectivity index (χ3v) is 2.42. The maximum absolute atomic E-state index is 8.81. The van der Waals surface area contributed by atoms with Crippen molar-refractivity contribution in [3.63, 3.8) is 0 Å². The van der Waals surface area contributed by atoms with Gasteiger partial charge in [0.2, 0.25) is 0 Å². The van der Waals surface area contributed by atoms with Crippen LogP contribution in [0.15, 0.2) is 5.16 Å². The van der Waals surface area contributed by atoms with E-state index < -0.39 is 0 Å². The first-order valence-corrected chi connectivity index (χ1v) is 4.65. The van der Waals surface area contributed by atoms with Gasteiger partial charge in [-0.1, -0.05) is 19.0 Å². The summed E-state index contributed by atoms with van der Waals surface area (Å²) in [5, 5.41) is 12.8. The Morgan fingerprint density at radius 2 is 2.25 bits per heavy atom. The Bertz CT molecular complexity index is 164. The quantitative estimate of drug-likeness (QED) is 0.697. The average Bonchev–Trinajstić information content (AvgIpc) is 2.55. The molecule has 3 nitrogen and oxygen atoms in total. The van der Waals surface area contributed by atoms with Gasteiger partial charge >= 0.3 is 0 Å². The fraction of sp³-hybridized carbons (Fsp3) is 0.889. The Labute approximate surface area is 73.4 Å². The summed E-state index contributed by atoms with van der Waals surface area (Å²) in [6, 6.07) is 0. The van der Waals surface area contributed by atoms with Crippen molar-refractivity contribution in [3.8, 4) is 0 Å². The first-order valence-electron chi connectivity index (χ1n) is 4.65. The van der Waals surface area contributed by atoms with Gasteiger partial charge in [-0.3, -0.25) is 0 Å². The van der Waals surface area contributed by atoms with Crippen LogP contribution in [0.25, 0.3) is 0 Å². The predicted molar refractivity (Wildman–Crippen MR) is 48.1 cm³/mol. The van der Waals surface area contributed by atoms with E-state index in [1.54, 1.807) is 0 Å². The zero-order valence-corrected chi connectivity index (χ0v) is 7.79. The van der Waals surface area contributed by atoms with Gasteiger partial charge < -0.3 is 9.94 Å². The summed E-state index contributed by atoms with van der Waals surface area (Å²) >= 11 is 0. The maximum atomic E-state index is 8.81. The molecule has 0 bridgehead atoms. The smallest absolute Gasteiger partial charge is 0.155 e. The highest BCUT2D eigenvalue weighted by Gasteiger charge is 2.24. The van der Waals surface area contributed by atoms with E-state index in [0.717, 1.165) is 25.0 Å². The zero-order valence-electron chi connectivity index (χ0n) is 7.79. The third-order valence-electron chi connectivity index (χ3n) is 2.42. The molecule has 1 aliphatic rings. The molecule has 1 unspecified atom stereocenters. The molecular formula is C9H17NO2. The van der Waals surface area contributed by atoms with E-state index in [2.05, 4.69) is 19.0 Å². The Morgan fingerprint density at radius 3 is 2.67 bits per heavy atom. The van der Waals surface area contributed by atoms with Gasteiger partial charge in [0.05, 0.1) is 12.3 Å². The molecule has 0 aromatic heterocycles. The molecule has 1 aliphatic heterocycles. The molecule has 1 rings (SSSR count). The molecule has 0 spiro atoms. The summed E-state index contributed by atoms with van der Waals surface area (Å²) in [5.74, 6) is 0.543. The molecule has 0 saturated heterocycles. The molecule has 1 atom stereocenters. The van der Waals surface area contributed by atoms with E-state index in [0.29, 0.717) is 5.92 Å². The molecule has 1 N–H and O–H groups in total. The number of hydrogen-bond donors (Lipinski definition) is 1. The van der Waals surface area contributed by atoms with Crippen molar-refractivity contribution < 1.29 is 9.94 Å². The van der Waals surface area contributed by atoms with Crippen LogP contribution in [0.2, 0.25) is 0 Å². The van der Waals surface area contributed by atoms with Crippen molar-refractivity contribution >= 4 is 5.71 Å². The molecule has 0 aliphatic carbocycles. The van der Waals surface area contributed by atoms with E-state index >= 15 is 0 Å². The molecule has 0 saturated carbocycles. The maximum Gasteiger partial charge on any atom is 0.155 e. The first kappa shape index (κ1) is 9.52. The van der Waals surface area contributed by atoms with Gasteiger partial charge in [-0.15, -0.1) is 0 Å². The molecule has 70 valence electrons. The van der Waals surface area contributed by atoms with Gasteiger partial charge in [-0.05, 0) is 12.8 Å². The summed E-state index contributed by atoms with van der Waals surface area (Å²) in [5.41, 5.74) is 1.12.